The number of ether oxygens (including phenoxy) is 4. The summed E-state index contributed by atoms with van der Waals surface area (Å²) < 4.78 is 17.6. The highest BCUT2D eigenvalue weighted by atomic mass is 16.7. The Balaban J connectivity index is 0. The molecule has 0 spiro atoms. The van der Waals surface area contributed by atoms with Gasteiger partial charge in [-0.05, 0) is 26.8 Å². The Labute approximate surface area is 153 Å². The molecule has 0 N–H and O–H groups in total. The molecule has 0 aliphatic heterocycles. The van der Waals surface area contributed by atoms with Gasteiger partial charge in [0.25, 0.3) is 0 Å². The molecule has 0 saturated heterocycles. The lowest BCUT2D eigenvalue weighted by atomic mass is 10.3. The molecule has 0 fully saturated rings. The molecule has 8 heteroatoms. The van der Waals surface area contributed by atoms with Crippen LogP contribution in [0, 0.1) is 0 Å². The fourth-order valence-electron chi connectivity index (χ4n) is 1.05. The highest BCUT2D eigenvalue weighted by Gasteiger charge is 2.13. The van der Waals surface area contributed by atoms with Gasteiger partial charge in [-0.2, -0.15) is 0 Å². The van der Waals surface area contributed by atoms with Crippen LogP contribution >= 0.6 is 0 Å². The Morgan fingerprint density at radius 1 is 0.808 bits per heavy atom. The van der Waals surface area contributed by atoms with Crippen LogP contribution < -0.4 is 0 Å². The van der Waals surface area contributed by atoms with E-state index in [0.29, 0.717) is 0 Å². The predicted octanol–water partition coefficient (Wildman–Crippen LogP) is 3.22. The van der Waals surface area contributed by atoms with Gasteiger partial charge in [-0.25, -0.2) is 19.2 Å². The first kappa shape index (κ1) is 25.3. The van der Waals surface area contributed by atoms with Crippen LogP contribution in [-0.2, 0) is 33.3 Å². The topological polar surface area (TPSA) is 105 Å². The minimum atomic E-state index is -0.950. The lowest BCUT2D eigenvalue weighted by Crippen LogP contribution is -2.14. The van der Waals surface area contributed by atoms with Crippen molar-refractivity contribution in [1.29, 1.82) is 0 Å². The van der Waals surface area contributed by atoms with Crippen molar-refractivity contribution in [3.05, 3.63) is 36.6 Å². The summed E-state index contributed by atoms with van der Waals surface area (Å²) in [7, 11) is 1.17. The molecule has 8 nitrogen and oxygen atoms in total. The van der Waals surface area contributed by atoms with Crippen molar-refractivity contribution in [2.45, 2.75) is 40.0 Å². The van der Waals surface area contributed by atoms with Crippen molar-refractivity contribution < 1.29 is 38.1 Å². The van der Waals surface area contributed by atoms with Gasteiger partial charge in [0.05, 0.1) is 13.7 Å². The normalized spacial score (nSPS) is 8.92. The molecule has 0 heterocycles. The first-order valence-corrected chi connectivity index (χ1v) is 7.76. The zero-order valence-corrected chi connectivity index (χ0v) is 15.7. The number of hydrogen-bond acceptors (Lipinski definition) is 8. The summed E-state index contributed by atoms with van der Waals surface area (Å²) in [6, 6.07) is 0. The van der Waals surface area contributed by atoms with E-state index in [0.717, 1.165) is 19.3 Å². The molecule has 146 valence electrons. The molecule has 0 bridgehead atoms. The standard InChI is InChI=1S/C10H16O4.C8H10O4/c1-4-5-6-7-13-10(12)14-9(11)8(2)3;1-5(2)7(9)12-6(3)8(10)11-4/h2,4-7H2,1,3H3;1,3H2,2,4H3. The van der Waals surface area contributed by atoms with Gasteiger partial charge in [0.15, 0.2) is 0 Å². The van der Waals surface area contributed by atoms with Gasteiger partial charge >= 0.3 is 24.1 Å². The van der Waals surface area contributed by atoms with E-state index in [-0.39, 0.29) is 23.5 Å². The Morgan fingerprint density at radius 2 is 1.31 bits per heavy atom. The fourth-order valence-corrected chi connectivity index (χ4v) is 1.05. The highest BCUT2D eigenvalue weighted by molar-refractivity contribution is 5.94. The van der Waals surface area contributed by atoms with E-state index in [2.05, 4.69) is 38.7 Å². The maximum atomic E-state index is 10.8. The third kappa shape index (κ3) is 13.5. The van der Waals surface area contributed by atoms with E-state index < -0.39 is 24.1 Å². The molecular weight excluding hydrogens is 344 g/mol. The monoisotopic (exact) mass is 370 g/mol. The highest BCUT2D eigenvalue weighted by Crippen LogP contribution is 2.01. The number of rotatable bonds is 8. The van der Waals surface area contributed by atoms with Gasteiger partial charge < -0.3 is 18.9 Å². The molecule has 0 aliphatic rings. The van der Waals surface area contributed by atoms with E-state index in [9.17, 15) is 19.2 Å². The largest absolute Gasteiger partial charge is 0.516 e. The number of methoxy groups -OCH3 is 1. The maximum Gasteiger partial charge on any atom is 0.516 e. The first-order valence-electron chi connectivity index (χ1n) is 7.76. The molecule has 0 aliphatic carbocycles. The van der Waals surface area contributed by atoms with E-state index in [4.69, 9.17) is 0 Å². The van der Waals surface area contributed by atoms with Crippen molar-refractivity contribution in [3.63, 3.8) is 0 Å². The Kier molecular flexibility index (Phi) is 14.1. The average molecular weight is 370 g/mol. The molecular formula is C18H26O8. The number of carbonyl (C=O) groups is 4. The van der Waals surface area contributed by atoms with Crippen LogP contribution in [0.15, 0.2) is 36.6 Å². The SMILES string of the molecule is C=C(C)C(=O)OC(=C)C(=O)OC.C=C(C)C(=O)OC(=O)OCCCCC. The third-order valence-electron chi connectivity index (χ3n) is 2.47. The van der Waals surface area contributed by atoms with E-state index in [1.165, 1.54) is 21.0 Å². The molecule has 0 unspecified atom stereocenters. The van der Waals surface area contributed by atoms with Crippen LogP contribution in [0.4, 0.5) is 4.79 Å². The van der Waals surface area contributed by atoms with Crippen LogP contribution in [0.1, 0.15) is 40.0 Å². The van der Waals surface area contributed by atoms with Gasteiger partial charge in [0.2, 0.25) is 5.76 Å². The summed E-state index contributed by atoms with van der Waals surface area (Å²) in [5.74, 6) is -2.55. The lowest BCUT2D eigenvalue weighted by molar-refractivity contribution is -0.147. The van der Waals surface area contributed by atoms with Gasteiger partial charge in [0.1, 0.15) is 0 Å². The fraction of sp³-hybridized carbons (Fsp3) is 0.444. The molecule has 0 aromatic heterocycles. The molecule has 0 rings (SSSR count). The summed E-state index contributed by atoms with van der Waals surface area (Å²) >= 11 is 0. The van der Waals surface area contributed by atoms with E-state index in [1.54, 1.807) is 0 Å². The minimum absolute atomic E-state index is 0.176. The van der Waals surface area contributed by atoms with Crippen LogP contribution in [-0.4, -0.2) is 37.8 Å². The molecule has 0 aromatic carbocycles. The zero-order chi connectivity index (χ0) is 20.7. The second-order valence-corrected chi connectivity index (χ2v) is 5.06. The van der Waals surface area contributed by atoms with Gasteiger partial charge in [-0.15, -0.1) is 0 Å². The summed E-state index contributed by atoms with van der Waals surface area (Å²) in [5, 5.41) is 0. The summed E-state index contributed by atoms with van der Waals surface area (Å²) in [6.45, 7) is 15.1. The van der Waals surface area contributed by atoms with Gasteiger partial charge in [-0.1, -0.05) is 32.9 Å². The zero-order valence-electron chi connectivity index (χ0n) is 15.7. The number of hydrogen-bond donors (Lipinski definition) is 0. The van der Waals surface area contributed by atoms with Crippen LogP contribution in [0.3, 0.4) is 0 Å². The van der Waals surface area contributed by atoms with Gasteiger partial charge in [-0.3, -0.25) is 0 Å². The van der Waals surface area contributed by atoms with Crippen molar-refractivity contribution in [1.82, 2.24) is 0 Å². The Hall–Kier alpha value is -2.90. The Bertz CT molecular complexity index is 560. The molecule has 0 atom stereocenters. The molecule has 0 amide bonds. The van der Waals surface area contributed by atoms with Gasteiger partial charge in [0, 0.05) is 11.1 Å². The first-order chi connectivity index (χ1) is 12.1. The predicted molar refractivity (Wildman–Crippen MR) is 93.8 cm³/mol. The van der Waals surface area contributed by atoms with Crippen LogP contribution in [0.25, 0.3) is 0 Å². The number of esters is 3. The van der Waals surface area contributed by atoms with Crippen molar-refractivity contribution in [2.24, 2.45) is 0 Å². The average Bonchev–Trinajstić information content (AvgIpc) is 2.58. The molecule has 26 heavy (non-hydrogen) atoms. The maximum absolute atomic E-state index is 10.8. The summed E-state index contributed by atoms with van der Waals surface area (Å²) in [4.78, 5) is 43.1. The lowest BCUT2D eigenvalue weighted by Gasteiger charge is -2.03. The Morgan fingerprint density at radius 3 is 1.73 bits per heavy atom. The molecule has 0 saturated carbocycles. The van der Waals surface area contributed by atoms with E-state index in [1.807, 2.05) is 6.92 Å². The second kappa shape index (κ2) is 14.4. The van der Waals surface area contributed by atoms with E-state index >= 15 is 0 Å². The quantitative estimate of drug-likeness (QED) is 0.160. The molecule has 0 aromatic rings. The summed E-state index contributed by atoms with van der Waals surface area (Å²) in [5.41, 5.74) is 0.371. The molecule has 0 radical (unpaired) electrons. The minimum Gasteiger partial charge on any atom is -0.463 e. The van der Waals surface area contributed by atoms with Crippen molar-refractivity contribution in [3.8, 4) is 0 Å². The summed E-state index contributed by atoms with van der Waals surface area (Å²) in [6.07, 6.45) is 1.87. The smallest absolute Gasteiger partial charge is 0.463 e. The van der Waals surface area contributed by atoms with Crippen molar-refractivity contribution in [2.75, 3.05) is 13.7 Å². The number of unbranched alkanes of at least 4 members (excludes halogenated alkanes) is 2. The van der Waals surface area contributed by atoms with Crippen molar-refractivity contribution >= 4 is 24.1 Å². The third-order valence-corrected chi connectivity index (χ3v) is 2.47. The van der Waals surface area contributed by atoms with Crippen LogP contribution in [0.2, 0.25) is 0 Å². The second-order valence-electron chi connectivity index (χ2n) is 5.06. The number of carbonyl (C=O) groups excluding carboxylic acids is 4. The van der Waals surface area contributed by atoms with Crippen LogP contribution in [0.5, 0.6) is 0 Å².